The number of likely N-dealkylation sites (tertiary alicyclic amines) is 1. The molecule has 2 saturated heterocycles. The molecule has 2 fully saturated rings. The van der Waals surface area contributed by atoms with Crippen molar-refractivity contribution >= 4 is 11.8 Å². The van der Waals surface area contributed by atoms with Crippen molar-refractivity contribution in [2.75, 3.05) is 39.4 Å². The van der Waals surface area contributed by atoms with Gasteiger partial charge in [-0.15, -0.1) is 0 Å². The molecule has 0 spiro atoms. The summed E-state index contributed by atoms with van der Waals surface area (Å²) >= 11 is 0. The number of aromatic amines is 1. The van der Waals surface area contributed by atoms with E-state index in [9.17, 15) is 22.8 Å². The highest BCUT2D eigenvalue weighted by Gasteiger charge is 2.41. The first kappa shape index (κ1) is 26.3. The number of benzene rings is 1. The van der Waals surface area contributed by atoms with Crippen LogP contribution in [0.1, 0.15) is 58.2 Å². The summed E-state index contributed by atoms with van der Waals surface area (Å²) in [5.41, 5.74) is 1.70. The van der Waals surface area contributed by atoms with Crippen LogP contribution < -0.4 is 5.32 Å². The fraction of sp³-hybridized carbons (Fsp3) is 0.593. The van der Waals surface area contributed by atoms with E-state index in [1.54, 1.807) is 6.33 Å². The fourth-order valence-electron chi connectivity index (χ4n) is 6.27. The molecule has 0 bridgehead atoms. The Kier molecular flexibility index (Phi) is 7.11. The number of fused-ring (bicyclic) bond motifs is 2. The van der Waals surface area contributed by atoms with E-state index in [0.29, 0.717) is 44.3 Å². The molecule has 0 radical (unpaired) electrons. The van der Waals surface area contributed by atoms with Gasteiger partial charge in [-0.1, -0.05) is 6.07 Å². The average Bonchev–Trinajstić information content (AvgIpc) is 3.64. The van der Waals surface area contributed by atoms with Crippen molar-refractivity contribution in [3.05, 3.63) is 52.6 Å². The molecule has 2 N–H and O–H groups in total. The van der Waals surface area contributed by atoms with Crippen molar-refractivity contribution in [3.8, 4) is 0 Å². The van der Waals surface area contributed by atoms with Gasteiger partial charge in [0.05, 0.1) is 36.3 Å². The van der Waals surface area contributed by atoms with Crippen molar-refractivity contribution in [1.82, 2.24) is 25.1 Å². The summed E-state index contributed by atoms with van der Waals surface area (Å²) in [5.74, 6) is -0.907. The Labute approximate surface area is 224 Å². The molecule has 0 saturated carbocycles. The molecular formula is C27H32F3N5O4. The second-order valence-corrected chi connectivity index (χ2v) is 10.8. The first-order valence-corrected chi connectivity index (χ1v) is 13.5. The molecule has 3 atom stereocenters. The van der Waals surface area contributed by atoms with Gasteiger partial charge < -0.3 is 24.7 Å². The Morgan fingerprint density at radius 2 is 2.00 bits per heavy atom. The number of ether oxygens (including phenoxy) is 2. The van der Waals surface area contributed by atoms with Gasteiger partial charge in [0.25, 0.3) is 5.91 Å². The average molecular weight is 548 g/mol. The maximum atomic E-state index is 13.2. The van der Waals surface area contributed by atoms with Crippen LogP contribution in [0.15, 0.2) is 24.5 Å². The van der Waals surface area contributed by atoms with E-state index in [2.05, 4.69) is 20.2 Å². The van der Waals surface area contributed by atoms with Crippen LogP contribution in [-0.4, -0.2) is 89.2 Å². The number of carbonyl (C=O) groups is 2. The van der Waals surface area contributed by atoms with Crippen LogP contribution in [0.5, 0.6) is 0 Å². The van der Waals surface area contributed by atoms with E-state index in [1.165, 1.54) is 11.0 Å². The van der Waals surface area contributed by atoms with Crippen molar-refractivity contribution in [2.24, 2.45) is 0 Å². The normalized spacial score (nSPS) is 26.1. The van der Waals surface area contributed by atoms with E-state index >= 15 is 0 Å². The number of hydrogen-bond donors (Lipinski definition) is 2. The second kappa shape index (κ2) is 10.5. The van der Waals surface area contributed by atoms with Crippen LogP contribution >= 0.6 is 0 Å². The standard InChI is InChI=1S/C27H32F3N5O4/c28-27(29,30)17-2-1-16-5-8-34(26(37)19(16)11-17)14-24(36)33-21-12-35(18-6-9-38-10-7-18)13-23(21)39-22-4-3-20-25(22)32-15-31-20/h1-2,11,15,18,21-23H,3-10,12-14H2,(H,31,32)(H,33,36)/t21?,22?,23-/m0/s1. The lowest BCUT2D eigenvalue weighted by atomic mass is 9.96. The van der Waals surface area contributed by atoms with Crippen LogP contribution in [0.2, 0.25) is 0 Å². The van der Waals surface area contributed by atoms with Gasteiger partial charge >= 0.3 is 6.18 Å². The van der Waals surface area contributed by atoms with Gasteiger partial charge in [0.1, 0.15) is 6.10 Å². The quantitative estimate of drug-likeness (QED) is 0.577. The molecule has 9 nitrogen and oxygen atoms in total. The summed E-state index contributed by atoms with van der Waals surface area (Å²) < 4.78 is 51.7. The molecule has 1 aliphatic carbocycles. The molecule has 12 heteroatoms. The molecule has 2 amide bonds. The predicted octanol–water partition coefficient (Wildman–Crippen LogP) is 2.48. The third kappa shape index (κ3) is 5.42. The monoisotopic (exact) mass is 547 g/mol. The van der Waals surface area contributed by atoms with E-state index < -0.39 is 17.6 Å². The highest BCUT2D eigenvalue weighted by molar-refractivity contribution is 5.99. The number of nitrogens with zero attached hydrogens (tertiary/aromatic N) is 3. The number of halogens is 3. The van der Waals surface area contributed by atoms with Crippen LogP contribution in [0, 0.1) is 0 Å². The number of imidazole rings is 1. The number of alkyl halides is 3. The van der Waals surface area contributed by atoms with Gasteiger partial charge in [0, 0.05) is 50.1 Å². The molecule has 3 aliphatic heterocycles. The van der Waals surface area contributed by atoms with Crippen molar-refractivity contribution in [3.63, 3.8) is 0 Å². The fourth-order valence-corrected chi connectivity index (χ4v) is 6.27. The molecule has 4 aliphatic rings. The number of carbonyl (C=O) groups excluding carboxylic acids is 2. The van der Waals surface area contributed by atoms with Crippen molar-refractivity contribution < 1.29 is 32.2 Å². The Morgan fingerprint density at radius 1 is 1.18 bits per heavy atom. The van der Waals surface area contributed by atoms with Crippen LogP contribution in [0.3, 0.4) is 0 Å². The maximum absolute atomic E-state index is 13.2. The first-order chi connectivity index (χ1) is 18.8. The lowest BCUT2D eigenvalue weighted by Gasteiger charge is -2.31. The summed E-state index contributed by atoms with van der Waals surface area (Å²) in [6, 6.07) is 3.30. The summed E-state index contributed by atoms with van der Waals surface area (Å²) in [4.78, 5) is 37.5. The Bertz CT molecular complexity index is 1230. The Hall–Kier alpha value is -2.96. The number of H-pyrrole nitrogens is 1. The zero-order valence-electron chi connectivity index (χ0n) is 21.5. The van der Waals surface area contributed by atoms with E-state index in [0.717, 1.165) is 49.2 Å². The lowest BCUT2D eigenvalue weighted by molar-refractivity contribution is -0.137. The summed E-state index contributed by atoms with van der Waals surface area (Å²) in [7, 11) is 0. The van der Waals surface area contributed by atoms with Crippen molar-refractivity contribution in [2.45, 2.75) is 62.6 Å². The Morgan fingerprint density at radius 3 is 2.79 bits per heavy atom. The smallest absolute Gasteiger partial charge is 0.381 e. The van der Waals surface area contributed by atoms with Crippen LogP contribution in [0.4, 0.5) is 13.2 Å². The molecule has 1 aromatic heterocycles. The van der Waals surface area contributed by atoms with Gasteiger partial charge in [-0.05, 0) is 49.8 Å². The third-order valence-electron chi connectivity index (χ3n) is 8.34. The molecule has 2 unspecified atom stereocenters. The van der Waals surface area contributed by atoms with E-state index in [4.69, 9.17) is 9.47 Å². The number of rotatable bonds is 6. The highest BCUT2D eigenvalue weighted by atomic mass is 19.4. The lowest BCUT2D eigenvalue weighted by Crippen LogP contribution is -2.50. The molecule has 39 heavy (non-hydrogen) atoms. The number of nitrogens with one attached hydrogen (secondary N) is 2. The molecule has 4 heterocycles. The molecule has 2 aromatic rings. The van der Waals surface area contributed by atoms with Gasteiger partial charge in [-0.2, -0.15) is 13.2 Å². The minimum atomic E-state index is -4.54. The minimum absolute atomic E-state index is 0.00711. The minimum Gasteiger partial charge on any atom is -0.381 e. The second-order valence-electron chi connectivity index (χ2n) is 10.8. The van der Waals surface area contributed by atoms with Crippen LogP contribution in [0.25, 0.3) is 0 Å². The van der Waals surface area contributed by atoms with Crippen molar-refractivity contribution in [1.29, 1.82) is 0 Å². The van der Waals surface area contributed by atoms with Gasteiger partial charge in [0.2, 0.25) is 5.91 Å². The number of aryl methyl sites for hydroxylation is 1. The molecule has 1 aromatic carbocycles. The van der Waals surface area contributed by atoms with Gasteiger partial charge in [0.15, 0.2) is 0 Å². The van der Waals surface area contributed by atoms with Crippen LogP contribution in [-0.2, 0) is 33.3 Å². The Balaban J connectivity index is 1.13. The molecular weight excluding hydrogens is 515 g/mol. The summed E-state index contributed by atoms with van der Waals surface area (Å²) in [6.07, 6.45) is 0.654. The largest absolute Gasteiger partial charge is 0.416 e. The number of amides is 2. The van der Waals surface area contributed by atoms with Gasteiger partial charge in [-0.3, -0.25) is 14.5 Å². The number of hydrogen-bond acceptors (Lipinski definition) is 6. The SMILES string of the molecule is O=C(CN1CCc2ccc(C(F)(F)F)cc2C1=O)NC1CN(C2CCOCC2)C[C@@H]1OC1CCc2[nH]cnc21. The third-order valence-corrected chi connectivity index (χ3v) is 8.34. The zero-order chi connectivity index (χ0) is 27.1. The summed E-state index contributed by atoms with van der Waals surface area (Å²) in [6.45, 7) is 2.75. The predicted molar refractivity (Wildman–Crippen MR) is 133 cm³/mol. The van der Waals surface area contributed by atoms with E-state index in [1.807, 2.05) is 0 Å². The highest BCUT2D eigenvalue weighted by Crippen LogP contribution is 2.35. The number of aromatic nitrogens is 2. The van der Waals surface area contributed by atoms with E-state index in [-0.39, 0.29) is 42.8 Å². The molecule has 6 rings (SSSR count). The van der Waals surface area contributed by atoms with Gasteiger partial charge in [-0.25, -0.2) is 4.98 Å². The molecule has 210 valence electrons. The maximum Gasteiger partial charge on any atom is 0.416 e. The summed E-state index contributed by atoms with van der Waals surface area (Å²) in [5, 5.41) is 3.08. The zero-order valence-corrected chi connectivity index (χ0v) is 21.5. The first-order valence-electron chi connectivity index (χ1n) is 13.5. The topological polar surface area (TPSA) is 99.8 Å².